The Kier molecular flexibility index (Phi) is 5.70. The molecular formula is C17H34N2. The van der Waals surface area contributed by atoms with Gasteiger partial charge in [-0.15, -0.1) is 0 Å². The zero-order valence-corrected chi connectivity index (χ0v) is 13.4. The quantitative estimate of drug-likeness (QED) is 0.612. The molecule has 0 unspecified atom stereocenters. The van der Waals surface area contributed by atoms with Gasteiger partial charge < -0.3 is 5.32 Å². The van der Waals surface area contributed by atoms with Crippen molar-refractivity contribution in [1.82, 2.24) is 10.2 Å². The third kappa shape index (κ3) is 4.75. The van der Waals surface area contributed by atoms with Crippen molar-refractivity contribution < 1.29 is 0 Å². The zero-order valence-electron chi connectivity index (χ0n) is 13.4. The van der Waals surface area contributed by atoms with Crippen LogP contribution in [-0.2, 0) is 0 Å². The van der Waals surface area contributed by atoms with Gasteiger partial charge in [0.1, 0.15) is 0 Å². The third-order valence-corrected chi connectivity index (χ3v) is 5.24. The minimum Gasteiger partial charge on any atom is -0.313 e. The maximum Gasteiger partial charge on any atom is 0.00966 e. The number of nitrogens with one attached hydrogen (secondary N) is 1. The molecule has 0 spiro atoms. The fourth-order valence-electron chi connectivity index (χ4n) is 3.05. The lowest BCUT2D eigenvalue weighted by Crippen LogP contribution is -2.45. The summed E-state index contributed by atoms with van der Waals surface area (Å²) in [6, 6.07) is 1.77. The molecule has 0 amide bonds. The molecule has 1 N–H and O–H groups in total. The molecule has 0 aromatic rings. The van der Waals surface area contributed by atoms with Crippen molar-refractivity contribution >= 4 is 0 Å². The van der Waals surface area contributed by atoms with Crippen LogP contribution in [0.1, 0.15) is 72.1 Å². The molecule has 2 nitrogen and oxygen atoms in total. The van der Waals surface area contributed by atoms with Crippen molar-refractivity contribution in [3.63, 3.8) is 0 Å². The van der Waals surface area contributed by atoms with Crippen LogP contribution < -0.4 is 5.32 Å². The Morgan fingerprint density at radius 2 is 1.74 bits per heavy atom. The van der Waals surface area contributed by atoms with E-state index in [-0.39, 0.29) is 0 Å². The fraction of sp³-hybridized carbons (Fsp3) is 1.00. The molecule has 0 heterocycles. The molecule has 0 aromatic heterocycles. The molecule has 0 radical (unpaired) electrons. The lowest BCUT2D eigenvalue weighted by atomic mass is 9.81. The monoisotopic (exact) mass is 266 g/mol. The largest absolute Gasteiger partial charge is 0.313 e. The van der Waals surface area contributed by atoms with Gasteiger partial charge in [0.25, 0.3) is 0 Å². The van der Waals surface area contributed by atoms with Crippen molar-refractivity contribution in [2.24, 2.45) is 5.41 Å². The van der Waals surface area contributed by atoms with E-state index in [1.807, 2.05) is 0 Å². The van der Waals surface area contributed by atoms with Gasteiger partial charge in [-0.2, -0.15) is 0 Å². The standard InChI is InChI=1S/C17H34N2/c1-4-7-12-19(16-10-11-16)14-17(5-2,6-3)13-18-15-8-9-15/h15-16,18H,4-14H2,1-3H3. The lowest BCUT2D eigenvalue weighted by Gasteiger charge is -2.38. The van der Waals surface area contributed by atoms with Crippen LogP contribution >= 0.6 is 0 Å². The van der Waals surface area contributed by atoms with Gasteiger partial charge >= 0.3 is 0 Å². The van der Waals surface area contributed by atoms with Gasteiger partial charge in [-0.1, -0.05) is 27.2 Å². The van der Waals surface area contributed by atoms with Gasteiger partial charge in [0.15, 0.2) is 0 Å². The van der Waals surface area contributed by atoms with Crippen LogP contribution in [-0.4, -0.2) is 36.6 Å². The first-order valence-corrected chi connectivity index (χ1v) is 8.70. The predicted octanol–water partition coefficient (Wildman–Crippen LogP) is 3.81. The highest BCUT2D eigenvalue weighted by Crippen LogP contribution is 2.34. The van der Waals surface area contributed by atoms with Crippen molar-refractivity contribution in [2.45, 2.75) is 84.2 Å². The van der Waals surface area contributed by atoms with Gasteiger partial charge in [0, 0.05) is 25.2 Å². The first-order valence-electron chi connectivity index (χ1n) is 8.70. The third-order valence-electron chi connectivity index (χ3n) is 5.24. The summed E-state index contributed by atoms with van der Waals surface area (Å²) in [5.74, 6) is 0. The molecule has 2 heteroatoms. The number of hydrogen-bond donors (Lipinski definition) is 1. The van der Waals surface area contributed by atoms with Gasteiger partial charge in [-0.05, 0) is 56.9 Å². The molecule has 2 saturated carbocycles. The van der Waals surface area contributed by atoms with Crippen LogP contribution in [0.25, 0.3) is 0 Å². The SMILES string of the molecule is CCCCN(CC(CC)(CC)CNC1CC1)C1CC1. The van der Waals surface area contributed by atoms with Crippen LogP contribution in [0.3, 0.4) is 0 Å². The Morgan fingerprint density at radius 3 is 2.21 bits per heavy atom. The average molecular weight is 266 g/mol. The molecule has 0 atom stereocenters. The maximum atomic E-state index is 3.79. The summed E-state index contributed by atoms with van der Waals surface area (Å²) in [4.78, 5) is 2.81. The van der Waals surface area contributed by atoms with Crippen LogP contribution in [0.5, 0.6) is 0 Å². The molecule has 112 valence electrons. The Morgan fingerprint density at radius 1 is 1.05 bits per heavy atom. The number of hydrogen-bond acceptors (Lipinski definition) is 2. The van der Waals surface area contributed by atoms with E-state index in [2.05, 4.69) is 31.0 Å². The molecule has 2 fully saturated rings. The molecule has 0 aliphatic heterocycles. The summed E-state index contributed by atoms with van der Waals surface area (Å²) >= 11 is 0. The van der Waals surface area contributed by atoms with Gasteiger partial charge in [0.05, 0.1) is 0 Å². The first-order chi connectivity index (χ1) is 9.23. The number of nitrogens with zero attached hydrogens (tertiary/aromatic N) is 1. The normalized spacial score (nSPS) is 20.2. The summed E-state index contributed by atoms with van der Waals surface area (Å²) in [5.41, 5.74) is 0.513. The van der Waals surface area contributed by atoms with Crippen molar-refractivity contribution in [3.05, 3.63) is 0 Å². The van der Waals surface area contributed by atoms with Gasteiger partial charge in [-0.3, -0.25) is 4.90 Å². The molecule has 2 aliphatic rings. The van der Waals surface area contributed by atoms with E-state index in [4.69, 9.17) is 0 Å². The van der Waals surface area contributed by atoms with Crippen LogP contribution in [0, 0.1) is 5.41 Å². The van der Waals surface area contributed by atoms with E-state index in [0.717, 1.165) is 12.1 Å². The second kappa shape index (κ2) is 7.08. The fourth-order valence-corrected chi connectivity index (χ4v) is 3.05. The molecule has 0 saturated heterocycles. The van der Waals surface area contributed by atoms with Crippen molar-refractivity contribution in [3.8, 4) is 0 Å². The second-order valence-electron chi connectivity index (χ2n) is 6.92. The molecule has 2 aliphatic carbocycles. The van der Waals surface area contributed by atoms with Crippen LogP contribution in [0.4, 0.5) is 0 Å². The van der Waals surface area contributed by atoms with Gasteiger partial charge in [-0.25, -0.2) is 0 Å². The summed E-state index contributed by atoms with van der Waals surface area (Å²) in [6.45, 7) is 11.0. The van der Waals surface area contributed by atoms with E-state index >= 15 is 0 Å². The summed E-state index contributed by atoms with van der Waals surface area (Å²) in [6.07, 6.45) is 11.0. The Balaban J connectivity index is 1.87. The first kappa shape index (κ1) is 15.3. The highest BCUT2D eigenvalue weighted by atomic mass is 15.2. The van der Waals surface area contributed by atoms with Crippen molar-refractivity contribution in [2.75, 3.05) is 19.6 Å². The lowest BCUT2D eigenvalue weighted by molar-refractivity contribution is 0.126. The highest BCUT2D eigenvalue weighted by molar-refractivity contribution is 4.92. The molecule has 19 heavy (non-hydrogen) atoms. The average Bonchev–Trinajstić information content (AvgIpc) is 3.31. The molecular weight excluding hydrogens is 232 g/mol. The van der Waals surface area contributed by atoms with E-state index in [0.29, 0.717) is 5.41 Å². The van der Waals surface area contributed by atoms with Crippen LogP contribution in [0.15, 0.2) is 0 Å². The number of rotatable bonds is 11. The summed E-state index contributed by atoms with van der Waals surface area (Å²) < 4.78 is 0. The van der Waals surface area contributed by atoms with E-state index in [9.17, 15) is 0 Å². The maximum absolute atomic E-state index is 3.79. The minimum atomic E-state index is 0.513. The molecule has 2 rings (SSSR count). The summed E-state index contributed by atoms with van der Waals surface area (Å²) in [5, 5.41) is 3.79. The van der Waals surface area contributed by atoms with E-state index in [1.54, 1.807) is 0 Å². The van der Waals surface area contributed by atoms with E-state index < -0.39 is 0 Å². The number of unbranched alkanes of at least 4 members (excludes halogenated alkanes) is 1. The second-order valence-corrected chi connectivity index (χ2v) is 6.92. The Bertz CT molecular complexity index is 252. The van der Waals surface area contributed by atoms with Crippen LogP contribution in [0.2, 0.25) is 0 Å². The Hall–Kier alpha value is -0.0800. The molecule has 0 bridgehead atoms. The summed E-state index contributed by atoms with van der Waals surface area (Å²) in [7, 11) is 0. The predicted molar refractivity (Wildman–Crippen MR) is 83.5 cm³/mol. The van der Waals surface area contributed by atoms with Crippen molar-refractivity contribution in [1.29, 1.82) is 0 Å². The highest BCUT2D eigenvalue weighted by Gasteiger charge is 2.36. The topological polar surface area (TPSA) is 15.3 Å². The minimum absolute atomic E-state index is 0.513. The molecule has 0 aromatic carbocycles. The van der Waals surface area contributed by atoms with Gasteiger partial charge in [0.2, 0.25) is 0 Å². The van der Waals surface area contributed by atoms with E-state index in [1.165, 1.54) is 71.0 Å². The zero-order chi connectivity index (χ0) is 13.7. The Labute approximate surface area is 120 Å². The smallest absolute Gasteiger partial charge is 0.00966 e.